The number of fused-ring (bicyclic) bond motifs is 2. The first kappa shape index (κ1) is 17.9. The molecule has 2 aromatic heterocycles. The average Bonchev–Trinajstić information content (AvgIpc) is 3.46. The first-order chi connectivity index (χ1) is 14.1. The molecule has 0 spiro atoms. The van der Waals surface area contributed by atoms with Crippen molar-refractivity contribution in [3.63, 3.8) is 0 Å². The summed E-state index contributed by atoms with van der Waals surface area (Å²) in [4.78, 5) is 43.7. The van der Waals surface area contributed by atoms with Gasteiger partial charge in [0.1, 0.15) is 12.1 Å². The summed E-state index contributed by atoms with van der Waals surface area (Å²) in [5.41, 5.74) is 2.01. The van der Waals surface area contributed by atoms with Crippen LogP contribution in [0.1, 0.15) is 21.7 Å². The Kier molecular flexibility index (Phi) is 4.35. The Morgan fingerprint density at radius 1 is 1.21 bits per heavy atom. The molecule has 0 radical (unpaired) electrons. The van der Waals surface area contributed by atoms with Gasteiger partial charge in [-0.15, -0.1) is 11.3 Å². The molecule has 148 valence electrons. The lowest BCUT2D eigenvalue weighted by molar-refractivity contribution is -0.147. The van der Waals surface area contributed by atoms with Crippen LogP contribution in [0.4, 0.5) is 0 Å². The second-order valence-corrected chi connectivity index (χ2v) is 8.39. The summed E-state index contributed by atoms with van der Waals surface area (Å²) in [6.45, 7) is 0.469. The van der Waals surface area contributed by atoms with Crippen LogP contribution in [-0.2, 0) is 16.0 Å². The second-order valence-electron chi connectivity index (χ2n) is 7.45. The smallest absolute Gasteiger partial charge is 0.261 e. The van der Waals surface area contributed by atoms with Crippen molar-refractivity contribution in [2.45, 2.75) is 31.0 Å². The van der Waals surface area contributed by atoms with Gasteiger partial charge in [0.2, 0.25) is 11.8 Å². The van der Waals surface area contributed by atoms with Crippen LogP contribution >= 0.6 is 11.3 Å². The van der Waals surface area contributed by atoms with Crippen LogP contribution in [-0.4, -0.2) is 52.3 Å². The van der Waals surface area contributed by atoms with E-state index in [0.29, 0.717) is 24.3 Å². The average molecular weight is 408 g/mol. The fraction of sp³-hybridized carbons (Fsp3) is 0.286. The van der Waals surface area contributed by atoms with E-state index in [1.165, 1.54) is 11.3 Å². The van der Waals surface area contributed by atoms with E-state index in [1.807, 2.05) is 41.9 Å². The lowest BCUT2D eigenvalue weighted by Crippen LogP contribution is -2.65. The number of hydrogen-bond donors (Lipinski definition) is 3. The number of H-pyrrole nitrogens is 1. The van der Waals surface area contributed by atoms with Crippen molar-refractivity contribution in [2.75, 3.05) is 6.54 Å². The third-order valence-electron chi connectivity index (χ3n) is 5.72. The number of thiophene rings is 1. The number of benzene rings is 1. The number of carbonyl (C=O) groups excluding carboxylic acids is 3. The predicted molar refractivity (Wildman–Crippen MR) is 110 cm³/mol. The zero-order chi connectivity index (χ0) is 20.0. The summed E-state index contributed by atoms with van der Waals surface area (Å²) in [5, 5.41) is 8.70. The Morgan fingerprint density at radius 2 is 2.07 bits per heavy atom. The van der Waals surface area contributed by atoms with Crippen molar-refractivity contribution in [3.8, 4) is 0 Å². The van der Waals surface area contributed by atoms with Gasteiger partial charge in [0.05, 0.1) is 10.9 Å². The molecule has 0 unspecified atom stereocenters. The molecule has 8 heteroatoms. The van der Waals surface area contributed by atoms with E-state index in [-0.39, 0.29) is 23.8 Å². The molecule has 2 aliphatic rings. The van der Waals surface area contributed by atoms with Crippen LogP contribution in [0, 0.1) is 0 Å². The molecule has 2 aliphatic heterocycles. The molecule has 1 aromatic carbocycles. The summed E-state index contributed by atoms with van der Waals surface area (Å²) >= 11 is 1.35. The Balaban J connectivity index is 1.32. The van der Waals surface area contributed by atoms with Gasteiger partial charge >= 0.3 is 0 Å². The molecule has 0 bridgehead atoms. The van der Waals surface area contributed by atoms with Crippen molar-refractivity contribution in [1.82, 2.24) is 20.5 Å². The number of aromatic amines is 1. The quantitative estimate of drug-likeness (QED) is 0.613. The molecular weight excluding hydrogens is 388 g/mol. The van der Waals surface area contributed by atoms with E-state index in [4.69, 9.17) is 0 Å². The van der Waals surface area contributed by atoms with Gasteiger partial charge in [0.15, 0.2) is 0 Å². The molecular formula is C21H20N4O3S. The molecule has 3 atom stereocenters. The van der Waals surface area contributed by atoms with E-state index in [0.717, 1.165) is 16.5 Å². The topological polar surface area (TPSA) is 94.3 Å². The SMILES string of the molecule is O=C(N[C@H]1CCN2C(=O)[C@@H](Cc3c[nH]c4ccccc34)NC(=O)[C@H]12)c1cccs1. The Bertz CT molecular complexity index is 1090. The molecule has 3 amide bonds. The molecule has 0 saturated carbocycles. The van der Waals surface area contributed by atoms with Crippen molar-refractivity contribution in [1.29, 1.82) is 0 Å². The minimum atomic E-state index is -0.648. The largest absolute Gasteiger partial charge is 0.361 e. The van der Waals surface area contributed by atoms with Gasteiger partial charge in [0, 0.05) is 30.1 Å². The summed E-state index contributed by atoms with van der Waals surface area (Å²) in [7, 11) is 0. The van der Waals surface area contributed by atoms with Crippen molar-refractivity contribution >= 4 is 40.0 Å². The minimum Gasteiger partial charge on any atom is -0.361 e. The summed E-state index contributed by atoms with van der Waals surface area (Å²) in [6.07, 6.45) is 2.90. The van der Waals surface area contributed by atoms with Crippen molar-refractivity contribution in [3.05, 3.63) is 58.4 Å². The minimum absolute atomic E-state index is 0.0900. The fourth-order valence-electron chi connectivity index (χ4n) is 4.34. The molecule has 5 rings (SSSR count). The zero-order valence-corrected chi connectivity index (χ0v) is 16.4. The molecule has 4 heterocycles. The third-order valence-corrected chi connectivity index (χ3v) is 6.59. The highest BCUT2D eigenvalue weighted by atomic mass is 32.1. The Morgan fingerprint density at radius 3 is 2.90 bits per heavy atom. The van der Waals surface area contributed by atoms with Gasteiger partial charge < -0.3 is 20.5 Å². The number of hydrogen-bond acceptors (Lipinski definition) is 4. The number of nitrogens with zero attached hydrogens (tertiary/aromatic N) is 1. The number of carbonyl (C=O) groups is 3. The number of piperazine rings is 1. The van der Waals surface area contributed by atoms with E-state index >= 15 is 0 Å². The maximum atomic E-state index is 13.1. The van der Waals surface area contributed by atoms with Crippen molar-refractivity contribution < 1.29 is 14.4 Å². The maximum Gasteiger partial charge on any atom is 0.261 e. The van der Waals surface area contributed by atoms with E-state index in [2.05, 4.69) is 15.6 Å². The van der Waals surface area contributed by atoms with Crippen LogP contribution in [0.15, 0.2) is 48.0 Å². The maximum absolute atomic E-state index is 13.1. The number of rotatable bonds is 4. The standard InChI is InChI=1S/C21H20N4O3S/c26-19(17-6-3-9-29-17)23-15-7-8-25-18(15)20(27)24-16(21(25)28)10-12-11-22-14-5-2-1-4-13(12)14/h1-6,9,11,15-16,18,22H,7-8,10H2,(H,23,26)(H,24,27)/t15-,16+,18-/m0/s1. The van der Waals surface area contributed by atoms with E-state index in [9.17, 15) is 14.4 Å². The molecule has 2 saturated heterocycles. The van der Waals surface area contributed by atoms with Gasteiger partial charge in [-0.1, -0.05) is 24.3 Å². The second kappa shape index (κ2) is 7.04. The molecule has 7 nitrogen and oxygen atoms in total. The Hall–Kier alpha value is -3.13. The fourth-order valence-corrected chi connectivity index (χ4v) is 4.97. The van der Waals surface area contributed by atoms with E-state index in [1.54, 1.807) is 11.0 Å². The van der Waals surface area contributed by atoms with Crippen LogP contribution in [0.2, 0.25) is 0 Å². The number of para-hydroxylation sites is 1. The molecule has 0 aliphatic carbocycles. The van der Waals surface area contributed by atoms with Crippen LogP contribution in [0.3, 0.4) is 0 Å². The Labute approximate surface area is 171 Å². The third kappa shape index (κ3) is 3.09. The van der Waals surface area contributed by atoms with Crippen LogP contribution in [0.5, 0.6) is 0 Å². The summed E-state index contributed by atoms with van der Waals surface area (Å²) in [6, 6.07) is 9.84. The monoisotopic (exact) mass is 408 g/mol. The molecule has 3 N–H and O–H groups in total. The lowest BCUT2D eigenvalue weighted by atomic mass is 9.99. The molecule has 3 aromatic rings. The first-order valence-electron chi connectivity index (χ1n) is 9.62. The van der Waals surface area contributed by atoms with Crippen LogP contribution < -0.4 is 10.6 Å². The predicted octanol–water partition coefficient (Wildman–Crippen LogP) is 1.67. The van der Waals surface area contributed by atoms with Gasteiger partial charge in [-0.05, 0) is 29.5 Å². The normalized spacial score (nSPS) is 23.9. The van der Waals surface area contributed by atoms with Gasteiger partial charge in [0.25, 0.3) is 5.91 Å². The van der Waals surface area contributed by atoms with E-state index < -0.39 is 12.1 Å². The lowest BCUT2D eigenvalue weighted by Gasteiger charge is -2.36. The molecule has 29 heavy (non-hydrogen) atoms. The first-order valence-corrected chi connectivity index (χ1v) is 10.5. The van der Waals surface area contributed by atoms with Crippen LogP contribution in [0.25, 0.3) is 10.9 Å². The highest BCUT2D eigenvalue weighted by Gasteiger charge is 2.48. The zero-order valence-electron chi connectivity index (χ0n) is 15.6. The molecule has 2 fully saturated rings. The number of amides is 3. The van der Waals surface area contributed by atoms with Crippen molar-refractivity contribution in [2.24, 2.45) is 0 Å². The highest BCUT2D eigenvalue weighted by molar-refractivity contribution is 7.12. The number of aromatic nitrogens is 1. The highest BCUT2D eigenvalue weighted by Crippen LogP contribution is 2.26. The number of nitrogens with one attached hydrogen (secondary N) is 3. The van der Waals surface area contributed by atoms with Gasteiger partial charge in [-0.3, -0.25) is 14.4 Å². The van der Waals surface area contributed by atoms with Gasteiger partial charge in [-0.25, -0.2) is 0 Å². The summed E-state index contributed by atoms with van der Waals surface area (Å²) < 4.78 is 0. The summed E-state index contributed by atoms with van der Waals surface area (Å²) in [5.74, 6) is -0.496. The van der Waals surface area contributed by atoms with Gasteiger partial charge in [-0.2, -0.15) is 0 Å².